The van der Waals surface area contributed by atoms with E-state index in [0.717, 1.165) is 11.1 Å². The first-order valence-corrected chi connectivity index (χ1v) is 8.55. The molecule has 0 saturated carbocycles. The number of benzene rings is 1. The van der Waals surface area contributed by atoms with Crippen molar-refractivity contribution in [2.24, 2.45) is 0 Å². The van der Waals surface area contributed by atoms with Crippen LogP contribution in [0.15, 0.2) is 18.3 Å². The van der Waals surface area contributed by atoms with Crippen LogP contribution in [0.4, 0.5) is 15.7 Å². The second-order valence-electron chi connectivity index (χ2n) is 5.32. The maximum absolute atomic E-state index is 12.0. The first-order valence-electron chi connectivity index (χ1n) is 7.84. The van der Waals surface area contributed by atoms with Crippen molar-refractivity contribution < 1.29 is 18.1 Å². The van der Waals surface area contributed by atoms with Gasteiger partial charge in [-0.15, -0.1) is 3.89 Å². The quantitative estimate of drug-likeness (QED) is 0.419. The molecule has 8 nitrogen and oxygen atoms in total. The smallest absolute Gasteiger partial charge is 0.221 e. The standard InChI is InChI=1S/C16H22FN5O3S/c1-23-12-7-10(6-11-9-20-16(19)22-15(11)18)8-13(24-2)14(12)25-5-3-4-21-26-17/h7-9,21H,3-6H2,1-2H3,(H4,18,19,20,22). The van der Waals surface area contributed by atoms with Gasteiger partial charge in [0.2, 0.25) is 11.7 Å². The van der Waals surface area contributed by atoms with Gasteiger partial charge in [-0.05, 0) is 24.1 Å². The summed E-state index contributed by atoms with van der Waals surface area (Å²) in [5.74, 6) is 2.01. The molecular formula is C16H22FN5O3S. The van der Waals surface area contributed by atoms with Crippen molar-refractivity contribution in [1.82, 2.24) is 14.7 Å². The van der Waals surface area contributed by atoms with E-state index in [2.05, 4.69) is 14.7 Å². The Hall–Kier alpha value is -2.46. The highest BCUT2D eigenvalue weighted by atomic mass is 32.2. The topological polar surface area (TPSA) is 118 Å². The molecule has 10 heteroatoms. The minimum absolute atomic E-state index is 0.0848. The van der Waals surface area contributed by atoms with Crippen molar-refractivity contribution in [3.8, 4) is 17.2 Å². The third-order valence-corrected chi connectivity index (χ3v) is 3.87. The molecule has 2 aromatic rings. The number of nitrogens with zero attached hydrogens (tertiary/aromatic N) is 2. The van der Waals surface area contributed by atoms with Crippen LogP contribution in [0.3, 0.4) is 0 Å². The van der Waals surface area contributed by atoms with Gasteiger partial charge in [0.1, 0.15) is 18.2 Å². The third-order valence-electron chi connectivity index (χ3n) is 3.56. The van der Waals surface area contributed by atoms with Gasteiger partial charge in [0.05, 0.1) is 20.8 Å². The maximum Gasteiger partial charge on any atom is 0.221 e. The van der Waals surface area contributed by atoms with Crippen LogP contribution in [0.25, 0.3) is 0 Å². The number of aromatic nitrogens is 2. The highest BCUT2D eigenvalue weighted by Gasteiger charge is 2.15. The Kier molecular flexibility index (Phi) is 7.54. The average Bonchev–Trinajstić information content (AvgIpc) is 2.64. The van der Waals surface area contributed by atoms with E-state index in [1.165, 1.54) is 0 Å². The Balaban J connectivity index is 2.18. The molecule has 0 aliphatic heterocycles. The van der Waals surface area contributed by atoms with Gasteiger partial charge in [0.25, 0.3) is 0 Å². The molecule has 26 heavy (non-hydrogen) atoms. The van der Waals surface area contributed by atoms with E-state index in [0.29, 0.717) is 49.1 Å². The summed E-state index contributed by atoms with van der Waals surface area (Å²) in [6.45, 7) is 0.874. The van der Waals surface area contributed by atoms with Crippen LogP contribution in [-0.4, -0.2) is 37.3 Å². The monoisotopic (exact) mass is 383 g/mol. The van der Waals surface area contributed by atoms with Crippen LogP contribution in [0.5, 0.6) is 17.2 Å². The van der Waals surface area contributed by atoms with Crippen LogP contribution in [0.1, 0.15) is 17.5 Å². The Morgan fingerprint density at radius 3 is 2.46 bits per heavy atom. The molecule has 0 fully saturated rings. The highest BCUT2D eigenvalue weighted by molar-refractivity contribution is 7.92. The Bertz CT molecular complexity index is 710. The lowest BCUT2D eigenvalue weighted by Crippen LogP contribution is -2.10. The zero-order valence-electron chi connectivity index (χ0n) is 14.6. The van der Waals surface area contributed by atoms with E-state index < -0.39 is 0 Å². The SMILES string of the molecule is COc1cc(Cc2cnc(N)nc2N)cc(OC)c1OCCCNSF. The minimum Gasteiger partial charge on any atom is -0.493 e. The summed E-state index contributed by atoms with van der Waals surface area (Å²) in [6, 6.07) is 3.67. The fourth-order valence-corrected chi connectivity index (χ4v) is 2.55. The number of halogens is 1. The summed E-state index contributed by atoms with van der Waals surface area (Å²) in [6.07, 6.45) is 2.71. The number of hydrogen-bond donors (Lipinski definition) is 3. The minimum atomic E-state index is 0.0848. The molecule has 1 heterocycles. The van der Waals surface area contributed by atoms with Crippen LogP contribution in [-0.2, 0) is 6.42 Å². The zero-order chi connectivity index (χ0) is 18.9. The molecule has 0 amide bonds. The van der Waals surface area contributed by atoms with E-state index in [-0.39, 0.29) is 18.3 Å². The number of anilines is 2. The molecule has 2 rings (SSSR count). The van der Waals surface area contributed by atoms with Crippen molar-refractivity contribution >= 4 is 24.1 Å². The van der Waals surface area contributed by atoms with Crippen molar-refractivity contribution in [3.63, 3.8) is 0 Å². The number of nitrogens with one attached hydrogen (secondary N) is 1. The second kappa shape index (κ2) is 9.88. The first-order chi connectivity index (χ1) is 12.6. The number of nitrogen functional groups attached to an aromatic ring is 2. The van der Waals surface area contributed by atoms with Gasteiger partial charge in [0, 0.05) is 24.7 Å². The number of methoxy groups -OCH3 is 2. The maximum atomic E-state index is 12.0. The predicted octanol–water partition coefficient (Wildman–Crippen LogP) is 2.14. The largest absolute Gasteiger partial charge is 0.493 e. The Morgan fingerprint density at radius 2 is 1.88 bits per heavy atom. The van der Waals surface area contributed by atoms with Crippen LogP contribution >= 0.6 is 12.3 Å². The lowest BCUT2D eigenvalue weighted by molar-refractivity contribution is 0.271. The van der Waals surface area contributed by atoms with Gasteiger partial charge in [-0.1, -0.05) is 0 Å². The third kappa shape index (κ3) is 5.27. The molecule has 1 aromatic heterocycles. The van der Waals surface area contributed by atoms with E-state index in [9.17, 15) is 3.89 Å². The van der Waals surface area contributed by atoms with Gasteiger partial charge in [-0.2, -0.15) is 4.98 Å². The number of rotatable bonds is 10. The van der Waals surface area contributed by atoms with Gasteiger partial charge in [0.15, 0.2) is 11.5 Å². The summed E-state index contributed by atoms with van der Waals surface area (Å²) in [7, 11) is 3.10. The summed E-state index contributed by atoms with van der Waals surface area (Å²) < 4.78 is 31.1. The fraction of sp³-hybridized carbons (Fsp3) is 0.375. The molecular weight excluding hydrogens is 361 g/mol. The Labute approximate surface area is 155 Å². The molecule has 0 aliphatic carbocycles. The van der Waals surface area contributed by atoms with Crippen molar-refractivity contribution in [2.45, 2.75) is 12.8 Å². The number of nitrogens with two attached hydrogens (primary N) is 2. The highest BCUT2D eigenvalue weighted by Crippen LogP contribution is 2.39. The molecule has 5 N–H and O–H groups in total. The molecule has 0 aliphatic rings. The lowest BCUT2D eigenvalue weighted by Gasteiger charge is -2.16. The molecule has 0 atom stereocenters. The van der Waals surface area contributed by atoms with E-state index >= 15 is 0 Å². The van der Waals surface area contributed by atoms with Gasteiger partial charge < -0.3 is 25.7 Å². The van der Waals surface area contributed by atoms with Crippen LogP contribution in [0.2, 0.25) is 0 Å². The van der Waals surface area contributed by atoms with Crippen molar-refractivity contribution in [3.05, 3.63) is 29.5 Å². The lowest BCUT2D eigenvalue weighted by atomic mass is 10.1. The van der Waals surface area contributed by atoms with E-state index in [4.69, 9.17) is 25.7 Å². The van der Waals surface area contributed by atoms with Gasteiger partial charge in [-0.3, -0.25) is 0 Å². The van der Waals surface area contributed by atoms with Crippen LogP contribution in [0, 0.1) is 0 Å². The summed E-state index contributed by atoms with van der Waals surface area (Å²) in [5.41, 5.74) is 13.0. The molecule has 0 spiro atoms. The van der Waals surface area contributed by atoms with E-state index in [1.807, 2.05) is 12.1 Å². The molecule has 0 saturated heterocycles. The average molecular weight is 383 g/mol. The molecule has 1 aromatic carbocycles. The van der Waals surface area contributed by atoms with Gasteiger partial charge in [-0.25, -0.2) is 9.71 Å². The number of ether oxygens (including phenoxy) is 3. The van der Waals surface area contributed by atoms with Crippen molar-refractivity contribution in [2.75, 3.05) is 38.8 Å². The molecule has 142 valence electrons. The first kappa shape index (κ1) is 19.9. The predicted molar refractivity (Wildman–Crippen MR) is 100 cm³/mol. The van der Waals surface area contributed by atoms with Crippen molar-refractivity contribution in [1.29, 1.82) is 0 Å². The summed E-state index contributed by atoms with van der Waals surface area (Å²) >= 11 is 0.0848. The normalized spacial score (nSPS) is 10.6. The van der Waals surface area contributed by atoms with E-state index in [1.54, 1.807) is 20.4 Å². The summed E-state index contributed by atoms with van der Waals surface area (Å²) in [4.78, 5) is 7.93. The number of hydrogen-bond acceptors (Lipinski definition) is 9. The summed E-state index contributed by atoms with van der Waals surface area (Å²) in [5, 5.41) is 0. The fourth-order valence-electron chi connectivity index (χ4n) is 2.33. The second-order valence-corrected chi connectivity index (χ2v) is 5.76. The molecule has 0 bridgehead atoms. The zero-order valence-corrected chi connectivity index (χ0v) is 15.4. The van der Waals surface area contributed by atoms with Crippen LogP contribution < -0.4 is 30.4 Å². The van der Waals surface area contributed by atoms with Gasteiger partial charge >= 0.3 is 0 Å². The Morgan fingerprint density at radius 1 is 1.19 bits per heavy atom. The molecule has 0 unspecified atom stereocenters. The molecule has 0 radical (unpaired) electrons.